The Morgan fingerprint density at radius 1 is 1.12 bits per heavy atom. The van der Waals surface area contributed by atoms with Crippen LogP contribution in [0.15, 0.2) is 54.6 Å². The highest BCUT2D eigenvalue weighted by molar-refractivity contribution is 5.94. The van der Waals surface area contributed by atoms with Crippen LogP contribution in [0, 0.1) is 0 Å². The molecule has 0 aliphatic rings. The summed E-state index contributed by atoms with van der Waals surface area (Å²) in [4.78, 5) is 14.9. The minimum atomic E-state index is 0.0756. The monoisotopic (exact) mass is 351 g/mol. The SMILES string of the molecule is CCc1ccc(C(=O)N(C/C=C/c2ccccc2OC)C(C)CC)cc1. The maximum Gasteiger partial charge on any atom is 0.254 e. The topological polar surface area (TPSA) is 29.5 Å². The van der Waals surface area contributed by atoms with Gasteiger partial charge in [-0.1, -0.05) is 56.3 Å². The molecule has 0 spiro atoms. The van der Waals surface area contributed by atoms with Gasteiger partial charge in [-0.05, 0) is 43.5 Å². The molecule has 0 bridgehead atoms. The maximum absolute atomic E-state index is 13.0. The van der Waals surface area contributed by atoms with Crippen molar-refractivity contribution < 1.29 is 9.53 Å². The Hall–Kier alpha value is -2.55. The largest absolute Gasteiger partial charge is 0.496 e. The molecule has 2 aromatic carbocycles. The summed E-state index contributed by atoms with van der Waals surface area (Å²) in [5.41, 5.74) is 3.00. The molecule has 0 heterocycles. The van der Waals surface area contributed by atoms with Crippen LogP contribution >= 0.6 is 0 Å². The van der Waals surface area contributed by atoms with E-state index in [1.807, 2.05) is 65.6 Å². The Kier molecular flexibility index (Phi) is 7.46. The number of hydrogen-bond donors (Lipinski definition) is 0. The van der Waals surface area contributed by atoms with Gasteiger partial charge in [0.2, 0.25) is 0 Å². The van der Waals surface area contributed by atoms with E-state index in [0.29, 0.717) is 6.54 Å². The lowest BCUT2D eigenvalue weighted by molar-refractivity contribution is 0.0713. The number of hydrogen-bond acceptors (Lipinski definition) is 2. The first-order valence-electron chi connectivity index (χ1n) is 9.30. The zero-order valence-electron chi connectivity index (χ0n) is 16.2. The second-order valence-electron chi connectivity index (χ2n) is 6.41. The highest BCUT2D eigenvalue weighted by atomic mass is 16.5. The van der Waals surface area contributed by atoms with E-state index in [1.54, 1.807) is 7.11 Å². The van der Waals surface area contributed by atoms with Crippen LogP contribution in [-0.4, -0.2) is 30.5 Å². The van der Waals surface area contributed by atoms with E-state index in [2.05, 4.69) is 20.8 Å². The molecule has 0 aliphatic heterocycles. The van der Waals surface area contributed by atoms with Crippen molar-refractivity contribution in [3.05, 3.63) is 71.3 Å². The average molecular weight is 351 g/mol. The molecule has 3 heteroatoms. The number of aryl methyl sites for hydroxylation is 1. The van der Waals surface area contributed by atoms with Gasteiger partial charge in [0.05, 0.1) is 7.11 Å². The zero-order valence-corrected chi connectivity index (χ0v) is 16.2. The minimum Gasteiger partial charge on any atom is -0.496 e. The number of methoxy groups -OCH3 is 1. The highest BCUT2D eigenvalue weighted by Gasteiger charge is 2.19. The summed E-state index contributed by atoms with van der Waals surface area (Å²) >= 11 is 0. The van der Waals surface area contributed by atoms with Crippen molar-refractivity contribution in [2.75, 3.05) is 13.7 Å². The Morgan fingerprint density at radius 3 is 2.42 bits per heavy atom. The van der Waals surface area contributed by atoms with Crippen LogP contribution in [0.2, 0.25) is 0 Å². The summed E-state index contributed by atoms with van der Waals surface area (Å²) in [6.45, 7) is 6.89. The van der Waals surface area contributed by atoms with Crippen LogP contribution in [-0.2, 0) is 6.42 Å². The Bertz CT molecular complexity index is 734. The van der Waals surface area contributed by atoms with Gasteiger partial charge >= 0.3 is 0 Å². The predicted octanol–water partition coefficient (Wildman–Crippen LogP) is 5.21. The lowest BCUT2D eigenvalue weighted by atomic mass is 10.1. The summed E-state index contributed by atoms with van der Waals surface area (Å²) in [6.07, 6.45) is 5.94. The molecule has 0 N–H and O–H groups in total. The molecule has 1 amide bonds. The summed E-state index contributed by atoms with van der Waals surface area (Å²) < 4.78 is 5.38. The fourth-order valence-electron chi connectivity index (χ4n) is 2.83. The zero-order chi connectivity index (χ0) is 18.9. The molecule has 2 rings (SSSR count). The molecule has 26 heavy (non-hydrogen) atoms. The van der Waals surface area contributed by atoms with Gasteiger partial charge in [0, 0.05) is 23.7 Å². The first-order chi connectivity index (χ1) is 12.6. The van der Waals surface area contributed by atoms with Crippen molar-refractivity contribution in [1.29, 1.82) is 0 Å². The fraction of sp³-hybridized carbons (Fsp3) is 0.348. The third kappa shape index (κ3) is 4.98. The van der Waals surface area contributed by atoms with Gasteiger partial charge in [0.15, 0.2) is 0 Å². The van der Waals surface area contributed by atoms with Crippen molar-refractivity contribution in [2.24, 2.45) is 0 Å². The van der Waals surface area contributed by atoms with E-state index >= 15 is 0 Å². The van der Waals surface area contributed by atoms with Crippen LogP contribution < -0.4 is 4.74 Å². The summed E-state index contributed by atoms with van der Waals surface area (Å²) in [6, 6.07) is 16.0. The number of ether oxygens (including phenoxy) is 1. The molecule has 0 aliphatic carbocycles. The number of carbonyl (C=O) groups is 1. The van der Waals surface area contributed by atoms with Crippen LogP contribution in [0.1, 0.15) is 48.7 Å². The van der Waals surface area contributed by atoms with Gasteiger partial charge in [-0.2, -0.15) is 0 Å². The van der Waals surface area contributed by atoms with Crippen LogP contribution in [0.25, 0.3) is 6.08 Å². The molecule has 3 nitrogen and oxygen atoms in total. The van der Waals surface area contributed by atoms with E-state index in [9.17, 15) is 4.79 Å². The molecule has 2 aromatic rings. The first-order valence-corrected chi connectivity index (χ1v) is 9.30. The van der Waals surface area contributed by atoms with Crippen molar-refractivity contribution in [2.45, 2.75) is 39.7 Å². The number of para-hydroxylation sites is 1. The van der Waals surface area contributed by atoms with Crippen molar-refractivity contribution >= 4 is 12.0 Å². The van der Waals surface area contributed by atoms with E-state index < -0.39 is 0 Å². The molecule has 138 valence electrons. The lowest BCUT2D eigenvalue weighted by Gasteiger charge is -2.27. The van der Waals surface area contributed by atoms with Crippen molar-refractivity contribution in [1.82, 2.24) is 4.90 Å². The second-order valence-corrected chi connectivity index (χ2v) is 6.41. The third-order valence-corrected chi connectivity index (χ3v) is 4.73. The van der Waals surface area contributed by atoms with Gasteiger partial charge < -0.3 is 9.64 Å². The molecular formula is C23H29NO2. The van der Waals surface area contributed by atoms with Gasteiger partial charge in [0.1, 0.15) is 5.75 Å². The number of rotatable bonds is 8. The van der Waals surface area contributed by atoms with Gasteiger partial charge in [-0.25, -0.2) is 0 Å². The standard InChI is InChI=1S/C23H29NO2/c1-5-18(3)24(23(25)21-15-13-19(6-2)14-16-21)17-9-11-20-10-7-8-12-22(20)26-4/h7-16,18H,5-6,17H2,1-4H3/b11-9+. The minimum absolute atomic E-state index is 0.0756. The predicted molar refractivity (Wildman–Crippen MR) is 109 cm³/mol. The number of nitrogens with zero attached hydrogens (tertiary/aromatic N) is 1. The lowest BCUT2D eigenvalue weighted by Crippen LogP contribution is -2.38. The molecule has 0 saturated carbocycles. The Balaban J connectivity index is 2.16. The van der Waals surface area contributed by atoms with Crippen LogP contribution in [0.3, 0.4) is 0 Å². The molecule has 0 radical (unpaired) electrons. The van der Waals surface area contributed by atoms with Gasteiger partial charge in [-0.3, -0.25) is 4.79 Å². The molecular weight excluding hydrogens is 322 g/mol. The summed E-state index contributed by atoms with van der Waals surface area (Å²) in [7, 11) is 1.67. The summed E-state index contributed by atoms with van der Waals surface area (Å²) in [5, 5.41) is 0. The number of benzene rings is 2. The van der Waals surface area contributed by atoms with E-state index in [4.69, 9.17) is 4.74 Å². The summed E-state index contributed by atoms with van der Waals surface area (Å²) in [5.74, 6) is 0.909. The van der Waals surface area contributed by atoms with E-state index in [0.717, 1.165) is 29.7 Å². The van der Waals surface area contributed by atoms with Crippen molar-refractivity contribution in [3.63, 3.8) is 0 Å². The molecule has 0 saturated heterocycles. The van der Waals surface area contributed by atoms with Gasteiger partial charge in [0.25, 0.3) is 5.91 Å². The molecule has 1 atom stereocenters. The second kappa shape index (κ2) is 9.81. The first kappa shape index (κ1) is 19.8. The smallest absolute Gasteiger partial charge is 0.254 e. The molecule has 0 fully saturated rings. The van der Waals surface area contributed by atoms with Crippen LogP contribution in [0.5, 0.6) is 5.75 Å². The van der Waals surface area contributed by atoms with Crippen LogP contribution in [0.4, 0.5) is 0 Å². The van der Waals surface area contributed by atoms with E-state index in [-0.39, 0.29) is 11.9 Å². The normalized spacial score (nSPS) is 12.2. The fourth-order valence-corrected chi connectivity index (χ4v) is 2.83. The molecule has 0 aromatic heterocycles. The van der Waals surface area contributed by atoms with Crippen molar-refractivity contribution in [3.8, 4) is 5.75 Å². The van der Waals surface area contributed by atoms with Gasteiger partial charge in [-0.15, -0.1) is 0 Å². The average Bonchev–Trinajstić information content (AvgIpc) is 2.70. The Morgan fingerprint density at radius 2 is 1.81 bits per heavy atom. The number of carbonyl (C=O) groups excluding carboxylic acids is 1. The quantitative estimate of drug-likeness (QED) is 0.653. The highest BCUT2D eigenvalue weighted by Crippen LogP contribution is 2.19. The molecule has 1 unspecified atom stereocenters. The third-order valence-electron chi connectivity index (χ3n) is 4.73. The van der Waals surface area contributed by atoms with E-state index in [1.165, 1.54) is 5.56 Å². The Labute approximate surface area is 157 Å². The maximum atomic E-state index is 13.0. The number of amides is 1.